The third-order valence-electron chi connectivity index (χ3n) is 6.88. The van der Waals surface area contributed by atoms with Crippen LogP contribution in [0.5, 0.6) is 5.75 Å². The number of hydrogen-bond acceptors (Lipinski definition) is 6. The number of para-hydroxylation sites is 3. The van der Waals surface area contributed by atoms with E-state index in [-0.39, 0.29) is 5.43 Å². The van der Waals surface area contributed by atoms with Crippen LogP contribution in [0.15, 0.2) is 82.0 Å². The SMILES string of the molecule is CCOc1ccccc1N1CCN(CC(O)c2cccc3c(=O)c(C)c(-c4ccccc4)oc23)CC1. The summed E-state index contributed by atoms with van der Waals surface area (Å²) in [6, 6.07) is 23.2. The predicted molar refractivity (Wildman–Crippen MR) is 144 cm³/mol. The summed E-state index contributed by atoms with van der Waals surface area (Å²) >= 11 is 0. The Labute approximate surface area is 211 Å². The van der Waals surface area contributed by atoms with Crippen molar-refractivity contribution < 1.29 is 14.3 Å². The van der Waals surface area contributed by atoms with Gasteiger partial charge in [0.25, 0.3) is 0 Å². The Bertz CT molecular complexity index is 1390. The van der Waals surface area contributed by atoms with Gasteiger partial charge in [-0.15, -0.1) is 0 Å². The number of β-amino-alcohol motifs (C(OH)–C–C–N with tert-alkyl or cyclic N) is 1. The molecular weight excluding hydrogens is 452 g/mol. The Kier molecular flexibility index (Phi) is 7.07. The molecule has 6 heteroatoms. The lowest BCUT2D eigenvalue weighted by molar-refractivity contribution is 0.110. The van der Waals surface area contributed by atoms with Crippen LogP contribution in [0.3, 0.4) is 0 Å². The fraction of sp³-hybridized carbons (Fsp3) is 0.300. The number of fused-ring (bicyclic) bond motifs is 1. The maximum atomic E-state index is 13.2. The number of rotatable bonds is 7. The molecule has 2 heterocycles. The van der Waals surface area contributed by atoms with E-state index in [0.29, 0.717) is 41.0 Å². The molecule has 186 valence electrons. The van der Waals surface area contributed by atoms with Gasteiger partial charge in [0, 0.05) is 49.4 Å². The van der Waals surface area contributed by atoms with E-state index in [1.165, 1.54) is 0 Å². The van der Waals surface area contributed by atoms with E-state index >= 15 is 0 Å². The molecule has 0 spiro atoms. The largest absolute Gasteiger partial charge is 0.492 e. The fourth-order valence-electron chi connectivity index (χ4n) is 4.97. The van der Waals surface area contributed by atoms with Crippen LogP contribution in [0.25, 0.3) is 22.3 Å². The van der Waals surface area contributed by atoms with Crippen LogP contribution < -0.4 is 15.1 Å². The highest BCUT2D eigenvalue weighted by Gasteiger charge is 2.24. The minimum Gasteiger partial charge on any atom is -0.492 e. The lowest BCUT2D eigenvalue weighted by Crippen LogP contribution is -2.47. The van der Waals surface area contributed by atoms with Crippen molar-refractivity contribution in [2.75, 3.05) is 44.2 Å². The molecule has 5 rings (SSSR count). The molecule has 3 aromatic carbocycles. The van der Waals surface area contributed by atoms with Crippen molar-refractivity contribution in [3.63, 3.8) is 0 Å². The van der Waals surface area contributed by atoms with Gasteiger partial charge in [0.2, 0.25) is 0 Å². The van der Waals surface area contributed by atoms with E-state index in [9.17, 15) is 9.90 Å². The van der Waals surface area contributed by atoms with Gasteiger partial charge in [-0.25, -0.2) is 0 Å². The number of nitrogens with zero attached hydrogens (tertiary/aromatic N) is 2. The first-order valence-corrected chi connectivity index (χ1v) is 12.6. The number of hydrogen-bond donors (Lipinski definition) is 1. The molecule has 36 heavy (non-hydrogen) atoms. The standard InChI is InChI=1S/C30H32N2O4/c1-3-35-27-15-8-7-14-25(27)32-18-16-31(17-19-32)20-26(33)23-12-9-13-24-28(34)21(2)29(36-30(23)24)22-10-5-4-6-11-22/h4-15,26,33H,3,16-20H2,1-2H3. The Balaban J connectivity index is 1.36. The van der Waals surface area contributed by atoms with Crippen LogP contribution in [0.2, 0.25) is 0 Å². The minimum absolute atomic E-state index is 0.0641. The van der Waals surface area contributed by atoms with Crippen molar-refractivity contribution in [1.82, 2.24) is 4.90 Å². The third kappa shape index (κ3) is 4.74. The van der Waals surface area contributed by atoms with Crippen LogP contribution in [-0.4, -0.2) is 49.3 Å². The van der Waals surface area contributed by atoms with E-state index in [1.54, 1.807) is 13.0 Å². The zero-order valence-electron chi connectivity index (χ0n) is 20.8. The number of benzene rings is 3. The molecule has 1 atom stereocenters. The summed E-state index contributed by atoms with van der Waals surface area (Å²) in [5, 5.41) is 11.8. The highest BCUT2D eigenvalue weighted by Crippen LogP contribution is 2.31. The molecule has 1 saturated heterocycles. The van der Waals surface area contributed by atoms with Crippen molar-refractivity contribution in [2.24, 2.45) is 0 Å². The van der Waals surface area contributed by atoms with Gasteiger partial charge >= 0.3 is 0 Å². The topological polar surface area (TPSA) is 66.2 Å². The van der Waals surface area contributed by atoms with Gasteiger partial charge in [0.15, 0.2) is 5.43 Å². The molecule has 1 aliphatic heterocycles. The summed E-state index contributed by atoms with van der Waals surface area (Å²) in [5.74, 6) is 1.46. The monoisotopic (exact) mass is 484 g/mol. The van der Waals surface area contributed by atoms with Crippen molar-refractivity contribution in [3.05, 3.63) is 94.1 Å². The number of piperazine rings is 1. The quantitative estimate of drug-likeness (QED) is 0.397. The molecule has 0 amide bonds. The van der Waals surface area contributed by atoms with Gasteiger partial charge in [-0.2, -0.15) is 0 Å². The zero-order chi connectivity index (χ0) is 25.1. The van der Waals surface area contributed by atoms with Crippen molar-refractivity contribution >= 4 is 16.7 Å². The summed E-state index contributed by atoms with van der Waals surface area (Å²) in [5.41, 5.74) is 3.57. The van der Waals surface area contributed by atoms with Crippen molar-refractivity contribution in [3.8, 4) is 17.1 Å². The summed E-state index contributed by atoms with van der Waals surface area (Å²) in [7, 11) is 0. The second kappa shape index (κ2) is 10.6. The summed E-state index contributed by atoms with van der Waals surface area (Å²) in [6.07, 6.45) is -0.773. The Hall–Kier alpha value is -3.61. The van der Waals surface area contributed by atoms with Gasteiger partial charge in [-0.1, -0.05) is 54.6 Å². The lowest BCUT2D eigenvalue weighted by atomic mass is 10.0. The molecule has 0 radical (unpaired) electrons. The molecular formula is C30H32N2O4. The van der Waals surface area contributed by atoms with Crippen LogP contribution in [0, 0.1) is 6.92 Å². The van der Waals surface area contributed by atoms with Gasteiger partial charge < -0.3 is 19.2 Å². The van der Waals surface area contributed by atoms with Gasteiger partial charge in [0.1, 0.15) is 17.1 Å². The van der Waals surface area contributed by atoms with Gasteiger partial charge in [0.05, 0.1) is 23.8 Å². The molecule has 0 aliphatic carbocycles. The minimum atomic E-state index is -0.773. The molecule has 1 N–H and O–H groups in total. The van der Waals surface area contributed by atoms with Crippen LogP contribution in [0.1, 0.15) is 24.2 Å². The molecule has 6 nitrogen and oxygen atoms in total. The molecule has 1 fully saturated rings. The Morgan fingerprint density at radius 2 is 1.67 bits per heavy atom. The first-order chi connectivity index (χ1) is 17.6. The molecule has 4 aromatic rings. The maximum absolute atomic E-state index is 13.2. The highest BCUT2D eigenvalue weighted by molar-refractivity contribution is 5.83. The molecule has 1 unspecified atom stereocenters. The lowest BCUT2D eigenvalue weighted by Gasteiger charge is -2.37. The second-order valence-electron chi connectivity index (χ2n) is 9.18. The summed E-state index contributed by atoms with van der Waals surface area (Å²) < 4.78 is 12.1. The normalized spacial score (nSPS) is 15.2. The Morgan fingerprint density at radius 1 is 0.944 bits per heavy atom. The summed E-state index contributed by atoms with van der Waals surface area (Å²) in [4.78, 5) is 17.8. The van der Waals surface area contributed by atoms with Crippen LogP contribution in [0.4, 0.5) is 5.69 Å². The smallest absolute Gasteiger partial charge is 0.196 e. The number of aliphatic hydroxyl groups is 1. The second-order valence-corrected chi connectivity index (χ2v) is 9.18. The molecule has 0 saturated carbocycles. The number of anilines is 1. The van der Waals surface area contributed by atoms with Crippen LogP contribution >= 0.6 is 0 Å². The third-order valence-corrected chi connectivity index (χ3v) is 6.88. The van der Waals surface area contributed by atoms with E-state index < -0.39 is 6.10 Å². The zero-order valence-corrected chi connectivity index (χ0v) is 20.8. The summed E-state index contributed by atoms with van der Waals surface area (Å²) in [6.45, 7) is 8.22. The fourth-order valence-corrected chi connectivity index (χ4v) is 4.97. The molecule has 1 aromatic heterocycles. The van der Waals surface area contributed by atoms with E-state index in [2.05, 4.69) is 15.9 Å². The first-order valence-electron chi connectivity index (χ1n) is 12.6. The maximum Gasteiger partial charge on any atom is 0.196 e. The van der Waals surface area contributed by atoms with E-state index in [0.717, 1.165) is 43.2 Å². The average molecular weight is 485 g/mol. The average Bonchev–Trinajstić information content (AvgIpc) is 2.92. The highest BCUT2D eigenvalue weighted by atomic mass is 16.5. The predicted octanol–water partition coefficient (Wildman–Crippen LogP) is 5.02. The van der Waals surface area contributed by atoms with E-state index in [1.807, 2.05) is 67.6 Å². The van der Waals surface area contributed by atoms with Gasteiger partial charge in [-0.05, 0) is 32.0 Å². The first kappa shape index (κ1) is 24.1. The van der Waals surface area contributed by atoms with Crippen LogP contribution in [-0.2, 0) is 0 Å². The number of ether oxygens (including phenoxy) is 1. The van der Waals surface area contributed by atoms with E-state index in [4.69, 9.17) is 9.15 Å². The van der Waals surface area contributed by atoms with Crippen molar-refractivity contribution in [2.45, 2.75) is 20.0 Å². The Morgan fingerprint density at radius 3 is 2.42 bits per heavy atom. The van der Waals surface area contributed by atoms with Crippen molar-refractivity contribution in [1.29, 1.82) is 0 Å². The molecule has 0 bridgehead atoms. The van der Waals surface area contributed by atoms with Gasteiger partial charge in [-0.3, -0.25) is 9.69 Å². The molecule has 1 aliphatic rings. The number of aliphatic hydroxyl groups excluding tert-OH is 1.